The Labute approximate surface area is 96.1 Å². The number of rotatable bonds is 5. The van der Waals surface area contributed by atoms with Gasteiger partial charge in [-0.05, 0) is 37.6 Å². The van der Waals surface area contributed by atoms with Gasteiger partial charge in [-0.1, -0.05) is 6.08 Å². The molecule has 1 aromatic carbocycles. The van der Waals surface area contributed by atoms with Crippen LogP contribution in [0, 0.1) is 6.92 Å². The van der Waals surface area contributed by atoms with Crippen molar-refractivity contribution in [2.24, 2.45) is 0 Å². The summed E-state index contributed by atoms with van der Waals surface area (Å²) in [6.45, 7) is 8.51. The molecule has 0 saturated heterocycles. The number of benzene rings is 1. The maximum absolute atomic E-state index is 11.6. The van der Waals surface area contributed by atoms with Crippen molar-refractivity contribution in [3.05, 3.63) is 42.0 Å². The van der Waals surface area contributed by atoms with Gasteiger partial charge in [-0.15, -0.1) is 6.58 Å². The van der Waals surface area contributed by atoms with Crippen LogP contribution in [0.5, 0.6) is 5.75 Å². The van der Waals surface area contributed by atoms with Crippen LogP contribution in [0.4, 0.5) is 0 Å². The lowest BCUT2D eigenvalue weighted by Crippen LogP contribution is -2.23. The van der Waals surface area contributed by atoms with E-state index in [4.69, 9.17) is 4.74 Å². The molecule has 1 rings (SSSR count). The largest absolute Gasteiger partial charge is 0.494 e. The van der Waals surface area contributed by atoms with Crippen LogP contribution in [0.3, 0.4) is 0 Å². The van der Waals surface area contributed by atoms with Gasteiger partial charge in [-0.25, -0.2) is 0 Å². The smallest absolute Gasteiger partial charge is 0.251 e. The molecule has 0 fully saturated rings. The fraction of sp³-hybridized carbons (Fsp3) is 0.308. The zero-order chi connectivity index (χ0) is 12.0. The van der Waals surface area contributed by atoms with E-state index in [0.29, 0.717) is 18.7 Å². The van der Waals surface area contributed by atoms with Gasteiger partial charge in [0.2, 0.25) is 0 Å². The predicted molar refractivity (Wildman–Crippen MR) is 64.9 cm³/mol. The maximum atomic E-state index is 11.6. The van der Waals surface area contributed by atoms with Gasteiger partial charge in [0.25, 0.3) is 5.91 Å². The van der Waals surface area contributed by atoms with Gasteiger partial charge in [-0.3, -0.25) is 4.79 Å². The number of nitrogens with one attached hydrogen (secondary N) is 1. The van der Waals surface area contributed by atoms with Crippen molar-refractivity contribution in [2.75, 3.05) is 13.2 Å². The van der Waals surface area contributed by atoms with Crippen molar-refractivity contribution in [3.8, 4) is 5.75 Å². The van der Waals surface area contributed by atoms with Gasteiger partial charge in [0.05, 0.1) is 6.61 Å². The van der Waals surface area contributed by atoms with E-state index in [2.05, 4.69) is 11.9 Å². The summed E-state index contributed by atoms with van der Waals surface area (Å²) in [5.74, 6) is 0.730. The quantitative estimate of drug-likeness (QED) is 0.772. The number of hydrogen-bond acceptors (Lipinski definition) is 2. The summed E-state index contributed by atoms with van der Waals surface area (Å²) < 4.78 is 5.40. The molecule has 1 N–H and O–H groups in total. The van der Waals surface area contributed by atoms with E-state index >= 15 is 0 Å². The first-order valence-corrected chi connectivity index (χ1v) is 5.31. The van der Waals surface area contributed by atoms with Crippen molar-refractivity contribution in [2.45, 2.75) is 13.8 Å². The topological polar surface area (TPSA) is 38.3 Å². The first-order chi connectivity index (χ1) is 7.69. The molecule has 3 nitrogen and oxygen atoms in total. The van der Waals surface area contributed by atoms with E-state index in [1.807, 2.05) is 26.0 Å². The molecule has 0 aromatic heterocycles. The van der Waals surface area contributed by atoms with E-state index in [-0.39, 0.29) is 5.91 Å². The van der Waals surface area contributed by atoms with Crippen LogP contribution in [0.1, 0.15) is 22.8 Å². The molecule has 16 heavy (non-hydrogen) atoms. The highest BCUT2D eigenvalue weighted by atomic mass is 16.5. The van der Waals surface area contributed by atoms with Crippen LogP contribution in [0.25, 0.3) is 0 Å². The number of carbonyl (C=O) groups excluding carboxylic acids is 1. The van der Waals surface area contributed by atoms with Crippen LogP contribution in [0.2, 0.25) is 0 Å². The zero-order valence-corrected chi connectivity index (χ0v) is 9.75. The molecule has 3 heteroatoms. The monoisotopic (exact) mass is 219 g/mol. The minimum Gasteiger partial charge on any atom is -0.494 e. The fourth-order valence-electron chi connectivity index (χ4n) is 1.38. The normalized spacial score (nSPS) is 9.62. The van der Waals surface area contributed by atoms with Crippen molar-refractivity contribution < 1.29 is 9.53 Å². The highest BCUT2D eigenvalue weighted by Crippen LogP contribution is 2.18. The van der Waals surface area contributed by atoms with Crippen LogP contribution >= 0.6 is 0 Å². The van der Waals surface area contributed by atoms with Gasteiger partial charge in [-0.2, -0.15) is 0 Å². The van der Waals surface area contributed by atoms with Crippen molar-refractivity contribution in [1.29, 1.82) is 0 Å². The Morgan fingerprint density at radius 1 is 1.56 bits per heavy atom. The van der Waals surface area contributed by atoms with Crippen molar-refractivity contribution in [3.63, 3.8) is 0 Å². The highest BCUT2D eigenvalue weighted by Gasteiger charge is 2.06. The number of carbonyl (C=O) groups is 1. The molecule has 0 unspecified atom stereocenters. The second-order valence-electron chi connectivity index (χ2n) is 3.41. The fourth-order valence-corrected chi connectivity index (χ4v) is 1.38. The molecule has 0 bridgehead atoms. The molecule has 0 saturated carbocycles. The second kappa shape index (κ2) is 5.95. The van der Waals surface area contributed by atoms with Crippen LogP contribution in [-0.4, -0.2) is 19.1 Å². The third-order valence-corrected chi connectivity index (χ3v) is 2.14. The van der Waals surface area contributed by atoms with Crippen LogP contribution in [-0.2, 0) is 0 Å². The summed E-state index contributed by atoms with van der Waals surface area (Å²) in [7, 11) is 0. The molecular formula is C13H17NO2. The molecule has 0 heterocycles. The Bertz CT molecular complexity index is 386. The summed E-state index contributed by atoms with van der Waals surface area (Å²) in [6, 6.07) is 5.40. The maximum Gasteiger partial charge on any atom is 0.251 e. The first-order valence-electron chi connectivity index (χ1n) is 5.31. The van der Waals surface area contributed by atoms with E-state index < -0.39 is 0 Å². The summed E-state index contributed by atoms with van der Waals surface area (Å²) >= 11 is 0. The lowest BCUT2D eigenvalue weighted by molar-refractivity contribution is 0.0958. The van der Waals surface area contributed by atoms with E-state index in [1.54, 1.807) is 12.1 Å². The molecular weight excluding hydrogens is 202 g/mol. The summed E-state index contributed by atoms with van der Waals surface area (Å²) in [6.07, 6.45) is 1.65. The molecule has 0 radical (unpaired) electrons. The standard InChI is InChI=1S/C13H17NO2/c1-4-8-14-13(15)11-6-7-12(16-5-2)10(3)9-11/h4,6-7,9H,1,5,8H2,2-3H3,(H,14,15). The Kier molecular flexibility index (Phi) is 4.58. The lowest BCUT2D eigenvalue weighted by atomic mass is 10.1. The Morgan fingerprint density at radius 2 is 2.31 bits per heavy atom. The Balaban J connectivity index is 2.79. The highest BCUT2D eigenvalue weighted by molar-refractivity contribution is 5.94. The first kappa shape index (κ1) is 12.3. The molecule has 86 valence electrons. The van der Waals surface area contributed by atoms with Crippen molar-refractivity contribution in [1.82, 2.24) is 5.32 Å². The minimum atomic E-state index is -0.0916. The second-order valence-corrected chi connectivity index (χ2v) is 3.41. The number of aryl methyl sites for hydroxylation is 1. The van der Waals surface area contributed by atoms with E-state index in [1.165, 1.54) is 0 Å². The zero-order valence-electron chi connectivity index (χ0n) is 9.75. The molecule has 0 spiro atoms. The third-order valence-electron chi connectivity index (χ3n) is 2.14. The predicted octanol–water partition coefficient (Wildman–Crippen LogP) is 2.31. The molecule has 1 amide bonds. The minimum absolute atomic E-state index is 0.0916. The van der Waals surface area contributed by atoms with E-state index in [0.717, 1.165) is 11.3 Å². The SMILES string of the molecule is C=CCNC(=O)c1ccc(OCC)c(C)c1. The number of hydrogen-bond donors (Lipinski definition) is 1. The van der Waals surface area contributed by atoms with Gasteiger partial charge < -0.3 is 10.1 Å². The molecule has 0 atom stereocenters. The molecule has 0 aliphatic rings. The van der Waals surface area contributed by atoms with Gasteiger partial charge >= 0.3 is 0 Å². The average molecular weight is 219 g/mol. The van der Waals surface area contributed by atoms with Gasteiger partial charge in [0.1, 0.15) is 5.75 Å². The van der Waals surface area contributed by atoms with Crippen LogP contribution < -0.4 is 10.1 Å². The summed E-state index contributed by atoms with van der Waals surface area (Å²) in [4.78, 5) is 11.6. The summed E-state index contributed by atoms with van der Waals surface area (Å²) in [5.41, 5.74) is 1.61. The average Bonchev–Trinajstić information content (AvgIpc) is 2.29. The number of amides is 1. The third kappa shape index (κ3) is 3.12. The molecule has 1 aromatic rings. The van der Waals surface area contributed by atoms with Crippen LogP contribution in [0.15, 0.2) is 30.9 Å². The lowest BCUT2D eigenvalue weighted by Gasteiger charge is -2.08. The Hall–Kier alpha value is -1.77. The van der Waals surface area contributed by atoms with Crippen molar-refractivity contribution >= 4 is 5.91 Å². The number of ether oxygens (including phenoxy) is 1. The van der Waals surface area contributed by atoms with Gasteiger partial charge in [0, 0.05) is 12.1 Å². The molecule has 0 aliphatic heterocycles. The summed E-state index contributed by atoms with van der Waals surface area (Å²) in [5, 5.41) is 2.73. The molecule has 0 aliphatic carbocycles. The van der Waals surface area contributed by atoms with Gasteiger partial charge in [0.15, 0.2) is 0 Å². The Morgan fingerprint density at radius 3 is 2.88 bits per heavy atom. The van der Waals surface area contributed by atoms with E-state index in [9.17, 15) is 4.79 Å².